The molecule has 2 aromatic rings. The predicted molar refractivity (Wildman–Crippen MR) is 94.4 cm³/mol. The molecule has 0 saturated heterocycles. The van der Waals surface area contributed by atoms with Crippen LogP contribution in [0.4, 0.5) is 0 Å². The molecule has 0 aromatic heterocycles. The van der Waals surface area contributed by atoms with Crippen molar-refractivity contribution in [3.8, 4) is 0 Å². The van der Waals surface area contributed by atoms with Crippen LogP contribution in [0.15, 0.2) is 60.7 Å². The first-order valence-corrected chi connectivity index (χ1v) is 8.47. The summed E-state index contributed by atoms with van der Waals surface area (Å²) in [6.07, 6.45) is 1.84. The maximum Gasteiger partial charge on any atom is 0.309 e. The van der Waals surface area contributed by atoms with Crippen molar-refractivity contribution < 1.29 is 14.7 Å². The topological polar surface area (TPSA) is 78.4 Å². The summed E-state index contributed by atoms with van der Waals surface area (Å²) in [5.41, 5.74) is 0.557. The van der Waals surface area contributed by atoms with Gasteiger partial charge in [0.15, 0.2) is 0 Å². The van der Waals surface area contributed by atoms with Gasteiger partial charge in [-0.25, -0.2) is 0 Å². The van der Waals surface area contributed by atoms with Crippen LogP contribution < -0.4 is 10.6 Å². The summed E-state index contributed by atoms with van der Waals surface area (Å²) in [6.45, 7) is 0.317. The lowest BCUT2D eigenvalue weighted by molar-refractivity contribution is -0.140. The van der Waals surface area contributed by atoms with Gasteiger partial charge in [-0.1, -0.05) is 60.7 Å². The SMILES string of the molecule is O=C(NCc1ccccc1)C(=O)NC[C@@](O)(c1ccccc1)C1CC1. The largest absolute Gasteiger partial charge is 0.383 e. The molecule has 1 atom stereocenters. The second-order valence-corrected chi connectivity index (χ2v) is 6.42. The Morgan fingerprint density at radius 2 is 1.48 bits per heavy atom. The molecule has 0 spiro atoms. The molecule has 1 aliphatic carbocycles. The monoisotopic (exact) mass is 338 g/mol. The van der Waals surface area contributed by atoms with E-state index in [1.165, 1.54) is 0 Å². The maximum absolute atomic E-state index is 12.1. The molecule has 0 radical (unpaired) electrons. The molecule has 0 heterocycles. The molecule has 3 rings (SSSR count). The van der Waals surface area contributed by atoms with Crippen molar-refractivity contribution in [1.29, 1.82) is 0 Å². The summed E-state index contributed by atoms with van der Waals surface area (Å²) >= 11 is 0. The van der Waals surface area contributed by atoms with Gasteiger partial charge in [0, 0.05) is 6.54 Å². The maximum atomic E-state index is 12.1. The van der Waals surface area contributed by atoms with E-state index in [-0.39, 0.29) is 12.5 Å². The van der Waals surface area contributed by atoms with E-state index in [0.29, 0.717) is 6.54 Å². The Kier molecular flexibility index (Phi) is 5.14. The third-order valence-electron chi connectivity index (χ3n) is 4.55. The molecule has 0 bridgehead atoms. The van der Waals surface area contributed by atoms with Gasteiger partial charge >= 0.3 is 11.8 Å². The number of aliphatic hydroxyl groups is 1. The standard InChI is InChI=1S/C20H22N2O3/c23-18(21-13-15-7-3-1-4-8-15)19(24)22-14-20(25,17-11-12-17)16-9-5-2-6-10-16/h1-10,17,25H,11-14H2,(H,21,23)(H,22,24)/t20-/m1/s1. The predicted octanol–water partition coefficient (Wildman–Crippen LogP) is 1.72. The first-order chi connectivity index (χ1) is 12.1. The van der Waals surface area contributed by atoms with Gasteiger partial charge < -0.3 is 15.7 Å². The molecule has 0 aliphatic heterocycles. The molecule has 0 unspecified atom stereocenters. The zero-order chi connectivity index (χ0) is 17.7. The number of rotatable bonds is 6. The number of benzene rings is 2. The quantitative estimate of drug-likeness (QED) is 0.702. The molecule has 3 N–H and O–H groups in total. The van der Waals surface area contributed by atoms with E-state index in [1.54, 1.807) is 0 Å². The molecule has 2 aromatic carbocycles. The summed E-state index contributed by atoms with van der Waals surface area (Å²) in [5.74, 6) is -1.32. The number of carbonyl (C=O) groups is 2. The molecule has 1 fully saturated rings. The average molecular weight is 338 g/mol. The van der Waals surface area contributed by atoms with Crippen LogP contribution in [0.1, 0.15) is 24.0 Å². The lowest BCUT2D eigenvalue weighted by Gasteiger charge is -2.29. The minimum atomic E-state index is -1.13. The number of nitrogens with one attached hydrogen (secondary N) is 2. The van der Waals surface area contributed by atoms with Crippen molar-refractivity contribution in [2.75, 3.05) is 6.54 Å². The van der Waals surface area contributed by atoms with E-state index < -0.39 is 17.4 Å². The molecule has 25 heavy (non-hydrogen) atoms. The highest BCUT2D eigenvalue weighted by atomic mass is 16.3. The Labute approximate surface area is 147 Å². The van der Waals surface area contributed by atoms with Crippen LogP contribution in [-0.4, -0.2) is 23.5 Å². The van der Waals surface area contributed by atoms with Crippen molar-refractivity contribution in [3.05, 3.63) is 71.8 Å². The molecule has 130 valence electrons. The van der Waals surface area contributed by atoms with Crippen molar-refractivity contribution in [2.24, 2.45) is 5.92 Å². The summed E-state index contributed by atoms with van der Waals surface area (Å²) in [4.78, 5) is 24.0. The minimum Gasteiger partial charge on any atom is -0.383 e. The molecule has 5 nitrogen and oxygen atoms in total. The smallest absolute Gasteiger partial charge is 0.309 e. The Bertz CT molecular complexity index is 729. The van der Waals surface area contributed by atoms with Crippen LogP contribution in [-0.2, 0) is 21.7 Å². The average Bonchev–Trinajstić information content (AvgIpc) is 3.51. The van der Waals surface area contributed by atoms with E-state index >= 15 is 0 Å². The second kappa shape index (κ2) is 7.49. The van der Waals surface area contributed by atoms with Crippen LogP contribution in [0.5, 0.6) is 0 Å². The van der Waals surface area contributed by atoms with Crippen molar-refractivity contribution in [2.45, 2.75) is 25.0 Å². The minimum absolute atomic E-state index is 0.0271. The fraction of sp³-hybridized carbons (Fsp3) is 0.300. The summed E-state index contributed by atoms with van der Waals surface area (Å²) in [7, 11) is 0. The molecular weight excluding hydrogens is 316 g/mol. The zero-order valence-electron chi connectivity index (χ0n) is 13.9. The molecule has 5 heteroatoms. The van der Waals surface area contributed by atoms with Gasteiger partial charge in [0.05, 0.1) is 6.54 Å². The van der Waals surface area contributed by atoms with Gasteiger partial charge in [-0.2, -0.15) is 0 Å². The normalized spacial score (nSPS) is 15.9. The fourth-order valence-corrected chi connectivity index (χ4v) is 2.92. The lowest BCUT2D eigenvalue weighted by atomic mass is 9.88. The van der Waals surface area contributed by atoms with Crippen LogP contribution in [0.2, 0.25) is 0 Å². The van der Waals surface area contributed by atoms with Crippen LogP contribution in [0.25, 0.3) is 0 Å². The first kappa shape index (κ1) is 17.2. The van der Waals surface area contributed by atoms with Crippen LogP contribution >= 0.6 is 0 Å². The van der Waals surface area contributed by atoms with Crippen molar-refractivity contribution >= 4 is 11.8 Å². The molecule has 1 aliphatic rings. The highest BCUT2D eigenvalue weighted by molar-refractivity contribution is 6.35. The van der Waals surface area contributed by atoms with E-state index in [9.17, 15) is 14.7 Å². The number of hydrogen-bond donors (Lipinski definition) is 3. The van der Waals surface area contributed by atoms with E-state index in [1.807, 2.05) is 60.7 Å². The Morgan fingerprint density at radius 3 is 2.08 bits per heavy atom. The van der Waals surface area contributed by atoms with Crippen molar-refractivity contribution in [3.63, 3.8) is 0 Å². The molecule has 1 saturated carbocycles. The fourth-order valence-electron chi connectivity index (χ4n) is 2.92. The van der Waals surface area contributed by atoms with E-state index in [4.69, 9.17) is 0 Å². The first-order valence-electron chi connectivity index (χ1n) is 8.47. The Hall–Kier alpha value is -2.66. The van der Waals surface area contributed by atoms with Crippen molar-refractivity contribution in [1.82, 2.24) is 10.6 Å². The van der Waals surface area contributed by atoms with Gasteiger partial charge in [-0.05, 0) is 29.9 Å². The van der Waals surface area contributed by atoms with Gasteiger partial charge in [0.25, 0.3) is 0 Å². The number of hydrogen-bond acceptors (Lipinski definition) is 3. The second-order valence-electron chi connectivity index (χ2n) is 6.42. The summed E-state index contributed by atoms with van der Waals surface area (Å²) in [6, 6.07) is 18.7. The third kappa shape index (κ3) is 4.25. The highest BCUT2D eigenvalue weighted by Gasteiger charge is 2.45. The third-order valence-corrected chi connectivity index (χ3v) is 4.55. The lowest BCUT2D eigenvalue weighted by Crippen LogP contribution is -2.47. The van der Waals surface area contributed by atoms with E-state index in [0.717, 1.165) is 24.0 Å². The van der Waals surface area contributed by atoms with E-state index in [2.05, 4.69) is 10.6 Å². The Balaban J connectivity index is 1.56. The summed E-state index contributed by atoms with van der Waals surface area (Å²) in [5, 5.41) is 16.2. The van der Waals surface area contributed by atoms with Crippen LogP contribution in [0, 0.1) is 5.92 Å². The van der Waals surface area contributed by atoms with Gasteiger partial charge in [0.1, 0.15) is 5.60 Å². The van der Waals surface area contributed by atoms with Crippen LogP contribution in [0.3, 0.4) is 0 Å². The summed E-state index contributed by atoms with van der Waals surface area (Å²) < 4.78 is 0. The molecular formula is C20H22N2O3. The Morgan fingerprint density at radius 1 is 0.920 bits per heavy atom. The molecule has 2 amide bonds. The highest BCUT2D eigenvalue weighted by Crippen LogP contribution is 2.45. The number of carbonyl (C=O) groups excluding carboxylic acids is 2. The van der Waals surface area contributed by atoms with Gasteiger partial charge in [-0.3, -0.25) is 9.59 Å². The number of amides is 2. The van der Waals surface area contributed by atoms with Gasteiger partial charge in [-0.15, -0.1) is 0 Å². The zero-order valence-corrected chi connectivity index (χ0v) is 13.9. The van der Waals surface area contributed by atoms with Gasteiger partial charge in [0.2, 0.25) is 0 Å².